The molecule has 0 radical (unpaired) electrons. The van der Waals surface area contributed by atoms with Crippen LogP contribution in [0.4, 0.5) is 34.6 Å². The first-order chi connectivity index (χ1) is 19.3. The van der Waals surface area contributed by atoms with E-state index in [1.807, 2.05) is 0 Å². The average molecular weight is 591 g/mol. The van der Waals surface area contributed by atoms with Crippen LogP contribution in [0.2, 0.25) is 0 Å². The van der Waals surface area contributed by atoms with E-state index in [1.165, 1.54) is 30.3 Å². The average Bonchev–Trinajstić information content (AvgIpc) is 3.70. The van der Waals surface area contributed by atoms with Crippen molar-refractivity contribution >= 4 is 33.2 Å². The molecule has 3 aromatic rings. The van der Waals surface area contributed by atoms with Gasteiger partial charge in [-0.15, -0.1) is 0 Å². The molecule has 2 fully saturated rings. The van der Waals surface area contributed by atoms with Gasteiger partial charge in [-0.3, -0.25) is 9.52 Å². The van der Waals surface area contributed by atoms with Gasteiger partial charge >= 0.3 is 0 Å². The SMILES string of the molecule is Cc1ccc(Nc2c(C(=O)NC3CC3)cc(Cc3cccc(NS(=O)(=O)NC4(C)CCC4)c3F)c(F)c2F)c(F)c1. The van der Waals surface area contributed by atoms with E-state index in [0.29, 0.717) is 18.4 Å². The fraction of sp³-hybridized carbons (Fsp3) is 0.345. The number of anilines is 3. The predicted molar refractivity (Wildman–Crippen MR) is 148 cm³/mol. The fourth-order valence-corrected chi connectivity index (χ4v) is 6.11. The molecule has 4 N–H and O–H groups in total. The molecule has 0 aliphatic heterocycles. The molecule has 5 rings (SSSR count). The number of aryl methyl sites for hydroxylation is 1. The molecular formula is C29H30F4N4O3S. The van der Waals surface area contributed by atoms with E-state index < -0.39 is 57.0 Å². The van der Waals surface area contributed by atoms with Crippen molar-refractivity contribution in [3.05, 3.63) is 88.0 Å². The van der Waals surface area contributed by atoms with Gasteiger partial charge in [-0.05, 0) is 86.9 Å². The van der Waals surface area contributed by atoms with E-state index >= 15 is 13.2 Å². The van der Waals surface area contributed by atoms with Gasteiger partial charge in [-0.2, -0.15) is 13.1 Å². The summed E-state index contributed by atoms with van der Waals surface area (Å²) >= 11 is 0. The smallest absolute Gasteiger partial charge is 0.299 e. The van der Waals surface area contributed by atoms with Crippen molar-refractivity contribution in [1.29, 1.82) is 0 Å². The molecule has 1 amide bonds. The molecule has 0 aromatic heterocycles. The largest absolute Gasteiger partial charge is 0.350 e. The minimum Gasteiger partial charge on any atom is -0.350 e. The second-order valence-corrected chi connectivity index (χ2v) is 12.4. The molecule has 12 heteroatoms. The van der Waals surface area contributed by atoms with Crippen LogP contribution >= 0.6 is 0 Å². The van der Waals surface area contributed by atoms with Crippen molar-refractivity contribution in [2.45, 2.75) is 64.0 Å². The van der Waals surface area contributed by atoms with Crippen molar-refractivity contribution in [3.8, 4) is 0 Å². The third-order valence-electron chi connectivity index (χ3n) is 7.37. The molecule has 3 aromatic carbocycles. The van der Waals surface area contributed by atoms with Crippen LogP contribution in [-0.4, -0.2) is 25.9 Å². The lowest BCUT2D eigenvalue weighted by Crippen LogP contribution is -2.52. The molecule has 2 aliphatic rings. The van der Waals surface area contributed by atoms with Gasteiger partial charge in [0.15, 0.2) is 17.5 Å². The number of benzene rings is 3. The van der Waals surface area contributed by atoms with Crippen LogP contribution in [0.1, 0.15) is 66.1 Å². The summed E-state index contributed by atoms with van der Waals surface area (Å²) in [5.41, 5.74) is -1.81. The number of rotatable bonds is 10. The highest BCUT2D eigenvalue weighted by Gasteiger charge is 2.36. The minimum absolute atomic E-state index is 0.110. The van der Waals surface area contributed by atoms with Crippen LogP contribution < -0.4 is 20.1 Å². The molecule has 7 nitrogen and oxygen atoms in total. The van der Waals surface area contributed by atoms with Gasteiger partial charge in [0.25, 0.3) is 16.1 Å². The van der Waals surface area contributed by atoms with E-state index in [4.69, 9.17) is 0 Å². The van der Waals surface area contributed by atoms with Crippen molar-refractivity contribution in [2.24, 2.45) is 0 Å². The summed E-state index contributed by atoms with van der Waals surface area (Å²) in [6, 6.07) is 9.03. The Kier molecular flexibility index (Phi) is 7.73. The van der Waals surface area contributed by atoms with Crippen LogP contribution in [0, 0.1) is 30.2 Å². The molecule has 0 heterocycles. The lowest BCUT2D eigenvalue weighted by atomic mass is 9.80. The predicted octanol–water partition coefficient (Wildman–Crippen LogP) is 5.97. The van der Waals surface area contributed by atoms with Gasteiger partial charge in [0, 0.05) is 18.0 Å². The number of halogens is 4. The zero-order valence-electron chi connectivity index (χ0n) is 22.5. The summed E-state index contributed by atoms with van der Waals surface area (Å²) in [6.07, 6.45) is 3.16. The molecule has 41 heavy (non-hydrogen) atoms. The summed E-state index contributed by atoms with van der Waals surface area (Å²) in [4.78, 5) is 13.0. The van der Waals surface area contributed by atoms with Gasteiger partial charge in [0.2, 0.25) is 0 Å². The first kappa shape index (κ1) is 28.9. The van der Waals surface area contributed by atoms with Crippen molar-refractivity contribution in [2.75, 3.05) is 10.0 Å². The van der Waals surface area contributed by atoms with Crippen LogP contribution in [0.5, 0.6) is 0 Å². The van der Waals surface area contributed by atoms with E-state index in [0.717, 1.165) is 25.3 Å². The molecular weight excluding hydrogens is 560 g/mol. The quantitative estimate of drug-likeness (QED) is 0.219. The summed E-state index contributed by atoms with van der Waals surface area (Å²) in [5.74, 6) is -5.17. The second kappa shape index (κ2) is 11.0. The van der Waals surface area contributed by atoms with Crippen molar-refractivity contribution < 1.29 is 30.8 Å². The van der Waals surface area contributed by atoms with Crippen LogP contribution in [-0.2, 0) is 16.6 Å². The number of hydrogen-bond acceptors (Lipinski definition) is 4. The van der Waals surface area contributed by atoms with Crippen LogP contribution in [0.15, 0.2) is 42.5 Å². The fourth-order valence-electron chi connectivity index (χ4n) is 4.76. The maximum Gasteiger partial charge on any atom is 0.299 e. The monoisotopic (exact) mass is 590 g/mol. The minimum atomic E-state index is -4.11. The Morgan fingerprint density at radius 3 is 2.32 bits per heavy atom. The maximum absolute atomic E-state index is 15.5. The first-order valence-electron chi connectivity index (χ1n) is 13.3. The maximum atomic E-state index is 15.5. The zero-order chi connectivity index (χ0) is 29.5. The van der Waals surface area contributed by atoms with Crippen molar-refractivity contribution in [1.82, 2.24) is 10.0 Å². The summed E-state index contributed by atoms with van der Waals surface area (Å²) in [7, 11) is -4.11. The highest BCUT2D eigenvalue weighted by molar-refractivity contribution is 7.90. The molecule has 0 atom stereocenters. The summed E-state index contributed by atoms with van der Waals surface area (Å²) in [5, 5.41) is 5.22. The third kappa shape index (κ3) is 6.48. The topological polar surface area (TPSA) is 99.3 Å². The Balaban J connectivity index is 1.47. The highest BCUT2D eigenvalue weighted by Crippen LogP contribution is 2.34. The second-order valence-electron chi connectivity index (χ2n) is 11.0. The molecule has 2 saturated carbocycles. The lowest BCUT2D eigenvalue weighted by molar-refractivity contribution is 0.0951. The number of carbonyl (C=O) groups is 1. The Hall–Kier alpha value is -3.64. The Bertz CT molecular complexity index is 1620. The Morgan fingerprint density at radius 1 is 0.951 bits per heavy atom. The number of nitrogens with one attached hydrogen (secondary N) is 4. The van der Waals surface area contributed by atoms with E-state index in [1.54, 1.807) is 19.9 Å². The van der Waals surface area contributed by atoms with Gasteiger partial charge in [0.1, 0.15) is 5.82 Å². The van der Waals surface area contributed by atoms with E-state index in [2.05, 4.69) is 20.1 Å². The van der Waals surface area contributed by atoms with Crippen LogP contribution in [0.3, 0.4) is 0 Å². The van der Waals surface area contributed by atoms with E-state index in [-0.39, 0.29) is 34.1 Å². The van der Waals surface area contributed by atoms with Gasteiger partial charge in [-0.25, -0.2) is 17.6 Å². The van der Waals surface area contributed by atoms with Crippen molar-refractivity contribution in [3.63, 3.8) is 0 Å². The van der Waals surface area contributed by atoms with Gasteiger partial charge in [0.05, 0.1) is 22.6 Å². The zero-order valence-corrected chi connectivity index (χ0v) is 23.3. The number of carbonyl (C=O) groups excluding carboxylic acids is 1. The standard InChI is InChI=1S/C29H30F4N4O3S/c1-16-7-10-22(21(30)13-16)35-27-20(28(38)34-19-8-9-19)15-18(25(32)26(27)33)14-17-5-3-6-23(24(17)31)36-41(39,40)37-29(2)11-4-12-29/h3,5-7,10,13,15,19,35-37H,4,8-9,11-12,14H2,1-2H3,(H,34,38). The summed E-state index contributed by atoms with van der Waals surface area (Å²) < 4.78 is 90.7. The lowest BCUT2D eigenvalue weighted by Gasteiger charge is -2.38. The van der Waals surface area contributed by atoms with E-state index in [9.17, 15) is 17.6 Å². The summed E-state index contributed by atoms with van der Waals surface area (Å²) in [6.45, 7) is 3.42. The molecule has 0 saturated heterocycles. The molecule has 0 unspecified atom stereocenters. The third-order valence-corrected chi connectivity index (χ3v) is 8.62. The van der Waals surface area contributed by atoms with Crippen LogP contribution in [0.25, 0.3) is 0 Å². The molecule has 218 valence electrons. The molecule has 2 aliphatic carbocycles. The van der Waals surface area contributed by atoms with Gasteiger partial charge < -0.3 is 10.6 Å². The number of hydrogen-bond donors (Lipinski definition) is 4. The normalized spacial score (nSPS) is 16.1. The Morgan fingerprint density at radius 2 is 1.68 bits per heavy atom. The number of amides is 1. The first-order valence-corrected chi connectivity index (χ1v) is 14.8. The van der Waals surface area contributed by atoms with Gasteiger partial charge in [-0.1, -0.05) is 18.2 Å². The molecule has 0 bridgehead atoms. The molecule has 0 spiro atoms. The highest BCUT2D eigenvalue weighted by atomic mass is 32.2. The Labute approximate surface area is 235 Å².